The van der Waals surface area contributed by atoms with Crippen LogP contribution in [0, 0.1) is 0 Å². The minimum absolute atomic E-state index is 0.953. The van der Waals surface area contributed by atoms with Crippen LogP contribution in [0.2, 0.25) is 0 Å². The predicted molar refractivity (Wildman–Crippen MR) is 95.2 cm³/mol. The molecule has 0 saturated carbocycles. The van der Waals surface area contributed by atoms with Crippen LogP contribution in [0.25, 0.3) is 10.9 Å². The Morgan fingerprint density at radius 2 is 1.57 bits per heavy atom. The molecule has 0 radical (unpaired) electrons. The van der Waals surface area contributed by atoms with Gasteiger partial charge in [0.1, 0.15) is 11.6 Å². The van der Waals surface area contributed by atoms with Gasteiger partial charge in [-0.05, 0) is 18.6 Å². The minimum Gasteiger partial charge on any atom is -0.362 e. The molecule has 0 aliphatic rings. The lowest BCUT2D eigenvalue weighted by Gasteiger charge is -2.15. The summed E-state index contributed by atoms with van der Waals surface area (Å²) in [6.45, 7) is 10.2. The molecule has 21 heavy (non-hydrogen) atoms. The van der Waals surface area contributed by atoms with Crippen LogP contribution in [0.4, 0.5) is 5.82 Å². The van der Waals surface area contributed by atoms with E-state index >= 15 is 0 Å². The zero-order valence-corrected chi connectivity index (χ0v) is 14.8. The lowest BCUT2D eigenvalue weighted by molar-refractivity contribution is 0.755. The number of unbranched alkanes of at least 4 members (excludes halogenated alkanes) is 1. The SMILES string of the molecule is CC.CC.CCCCc1nc(N(C)C)c2ccccc2n1. The number of nitrogens with zero attached hydrogens (tertiary/aromatic N) is 3. The molecule has 3 heteroatoms. The second-order valence-electron chi connectivity index (χ2n) is 4.48. The van der Waals surface area contributed by atoms with E-state index in [-0.39, 0.29) is 0 Å². The average Bonchev–Trinajstić information content (AvgIpc) is 2.55. The predicted octanol–water partition coefficient (Wildman–Crippen LogP) is 5.09. The van der Waals surface area contributed by atoms with E-state index in [0.717, 1.165) is 35.4 Å². The summed E-state index contributed by atoms with van der Waals surface area (Å²) in [6.07, 6.45) is 3.28. The summed E-state index contributed by atoms with van der Waals surface area (Å²) in [7, 11) is 4.05. The summed E-state index contributed by atoms with van der Waals surface area (Å²) >= 11 is 0. The molecule has 118 valence electrons. The standard InChI is InChI=1S/C14H19N3.2C2H6/c1-4-5-10-13-15-12-9-7-6-8-11(12)14(16-13)17(2)3;2*1-2/h6-9H,4-5,10H2,1-3H3;2*1-2H3. The van der Waals surface area contributed by atoms with Crippen molar-refractivity contribution >= 4 is 16.7 Å². The third-order valence-corrected chi connectivity index (χ3v) is 2.81. The molecule has 0 aliphatic heterocycles. The van der Waals surface area contributed by atoms with Gasteiger partial charge >= 0.3 is 0 Å². The maximum atomic E-state index is 4.65. The van der Waals surface area contributed by atoms with E-state index in [2.05, 4.69) is 33.9 Å². The first-order valence-corrected chi connectivity index (χ1v) is 8.15. The van der Waals surface area contributed by atoms with Crippen molar-refractivity contribution in [1.82, 2.24) is 9.97 Å². The summed E-state index contributed by atoms with van der Waals surface area (Å²) in [6, 6.07) is 8.19. The van der Waals surface area contributed by atoms with Gasteiger partial charge in [0.2, 0.25) is 0 Å². The minimum atomic E-state index is 0.953. The highest BCUT2D eigenvalue weighted by molar-refractivity contribution is 5.89. The Balaban J connectivity index is 0.000000921. The second-order valence-corrected chi connectivity index (χ2v) is 4.48. The van der Waals surface area contributed by atoms with Gasteiger partial charge in [0.15, 0.2) is 0 Å². The van der Waals surface area contributed by atoms with Gasteiger partial charge in [0.05, 0.1) is 5.52 Å². The number of hydrogen-bond donors (Lipinski definition) is 0. The van der Waals surface area contributed by atoms with Gasteiger partial charge in [0, 0.05) is 25.9 Å². The number of fused-ring (bicyclic) bond motifs is 1. The van der Waals surface area contributed by atoms with Crippen molar-refractivity contribution in [3.8, 4) is 0 Å². The molecule has 0 aliphatic carbocycles. The molecule has 0 saturated heterocycles. The summed E-state index contributed by atoms with van der Waals surface area (Å²) in [4.78, 5) is 11.3. The van der Waals surface area contributed by atoms with Crippen LogP contribution in [-0.4, -0.2) is 24.1 Å². The molecule has 0 unspecified atom stereocenters. The van der Waals surface area contributed by atoms with Crippen LogP contribution in [-0.2, 0) is 6.42 Å². The smallest absolute Gasteiger partial charge is 0.139 e. The van der Waals surface area contributed by atoms with Gasteiger partial charge in [-0.15, -0.1) is 0 Å². The summed E-state index contributed by atoms with van der Waals surface area (Å²) < 4.78 is 0. The number of rotatable bonds is 4. The summed E-state index contributed by atoms with van der Waals surface area (Å²) in [5.74, 6) is 1.97. The number of hydrogen-bond acceptors (Lipinski definition) is 3. The monoisotopic (exact) mass is 289 g/mol. The van der Waals surface area contributed by atoms with Crippen molar-refractivity contribution in [3.05, 3.63) is 30.1 Å². The van der Waals surface area contributed by atoms with Crippen molar-refractivity contribution in [2.24, 2.45) is 0 Å². The molecule has 3 nitrogen and oxygen atoms in total. The van der Waals surface area contributed by atoms with E-state index in [4.69, 9.17) is 0 Å². The summed E-state index contributed by atoms with van der Waals surface area (Å²) in [5.41, 5.74) is 1.04. The Labute approximate surface area is 130 Å². The Kier molecular flexibility index (Phi) is 10.2. The third kappa shape index (κ3) is 5.70. The van der Waals surface area contributed by atoms with Crippen LogP contribution in [0.5, 0.6) is 0 Å². The summed E-state index contributed by atoms with van der Waals surface area (Å²) in [5, 5.41) is 1.12. The molecule has 1 aromatic heterocycles. The van der Waals surface area contributed by atoms with Gasteiger partial charge in [0.25, 0.3) is 0 Å². The van der Waals surface area contributed by atoms with E-state index < -0.39 is 0 Å². The normalized spacial score (nSPS) is 9.29. The fourth-order valence-electron chi connectivity index (χ4n) is 1.89. The van der Waals surface area contributed by atoms with E-state index in [1.807, 2.05) is 53.9 Å². The average molecular weight is 289 g/mol. The fourth-order valence-corrected chi connectivity index (χ4v) is 1.89. The maximum Gasteiger partial charge on any atom is 0.139 e. The lowest BCUT2D eigenvalue weighted by Crippen LogP contribution is -2.13. The largest absolute Gasteiger partial charge is 0.362 e. The van der Waals surface area contributed by atoms with Gasteiger partial charge in [-0.1, -0.05) is 53.2 Å². The second kappa shape index (κ2) is 11.1. The van der Waals surface area contributed by atoms with Crippen molar-refractivity contribution in [3.63, 3.8) is 0 Å². The van der Waals surface area contributed by atoms with E-state index in [0.29, 0.717) is 0 Å². The molecule has 2 aromatic rings. The zero-order chi connectivity index (χ0) is 16.3. The van der Waals surface area contributed by atoms with Crippen LogP contribution in [0.1, 0.15) is 53.3 Å². The van der Waals surface area contributed by atoms with Crippen LogP contribution in [0.3, 0.4) is 0 Å². The van der Waals surface area contributed by atoms with Gasteiger partial charge in [-0.3, -0.25) is 0 Å². The van der Waals surface area contributed by atoms with Crippen molar-refractivity contribution < 1.29 is 0 Å². The lowest BCUT2D eigenvalue weighted by atomic mass is 10.2. The molecule has 0 bridgehead atoms. The molecule has 0 atom stereocenters. The molecule has 2 rings (SSSR count). The third-order valence-electron chi connectivity index (χ3n) is 2.81. The van der Waals surface area contributed by atoms with Crippen LogP contribution >= 0.6 is 0 Å². The van der Waals surface area contributed by atoms with E-state index in [1.54, 1.807) is 0 Å². The fraction of sp³-hybridized carbons (Fsp3) is 0.556. The van der Waals surface area contributed by atoms with Crippen LogP contribution < -0.4 is 4.90 Å². The topological polar surface area (TPSA) is 29.0 Å². The van der Waals surface area contributed by atoms with E-state index in [9.17, 15) is 0 Å². The van der Waals surface area contributed by atoms with Crippen molar-refractivity contribution in [1.29, 1.82) is 0 Å². The first-order chi connectivity index (χ1) is 10.2. The Bertz CT molecular complexity index is 507. The highest BCUT2D eigenvalue weighted by Gasteiger charge is 2.08. The molecule has 0 spiro atoms. The highest BCUT2D eigenvalue weighted by atomic mass is 15.1. The maximum absolute atomic E-state index is 4.65. The Morgan fingerprint density at radius 1 is 0.952 bits per heavy atom. The molecular weight excluding hydrogens is 258 g/mol. The zero-order valence-electron chi connectivity index (χ0n) is 14.8. The molecule has 1 aromatic carbocycles. The number of para-hydroxylation sites is 1. The Hall–Kier alpha value is -1.64. The molecule has 0 N–H and O–H groups in total. The number of benzene rings is 1. The van der Waals surface area contributed by atoms with Crippen molar-refractivity contribution in [2.75, 3.05) is 19.0 Å². The molecule has 1 heterocycles. The number of aryl methyl sites for hydroxylation is 1. The quantitative estimate of drug-likeness (QED) is 0.785. The van der Waals surface area contributed by atoms with Gasteiger partial charge in [-0.2, -0.15) is 0 Å². The molecule has 0 fully saturated rings. The Morgan fingerprint density at radius 3 is 2.14 bits per heavy atom. The highest BCUT2D eigenvalue weighted by Crippen LogP contribution is 2.22. The number of aromatic nitrogens is 2. The van der Waals surface area contributed by atoms with Crippen molar-refractivity contribution in [2.45, 2.75) is 53.9 Å². The van der Waals surface area contributed by atoms with Gasteiger partial charge in [-0.25, -0.2) is 9.97 Å². The molecule has 0 amide bonds. The van der Waals surface area contributed by atoms with E-state index in [1.165, 1.54) is 6.42 Å². The van der Waals surface area contributed by atoms with Gasteiger partial charge < -0.3 is 4.90 Å². The molecular formula is C18H31N3. The first kappa shape index (κ1) is 19.4. The van der Waals surface area contributed by atoms with Crippen LogP contribution in [0.15, 0.2) is 24.3 Å². The number of anilines is 1. The first-order valence-electron chi connectivity index (χ1n) is 8.15.